The fourth-order valence-electron chi connectivity index (χ4n) is 2.57. The number of aryl methyl sites for hydroxylation is 1. The van der Waals surface area contributed by atoms with Gasteiger partial charge in [-0.3, -0.25) is 0 Å². The van der Waals surface area contributed by atoms with E-state index in [1.54, 1.807) is 0 Å². The number of benzene rings is 1. The molecule has 0 atom stereocenters. The van der Waals surface area contributed by atoms with Gasteiger partial charge in [0.1, 0.15) is 18.1 Å². The third-order valence-corrected chi connectivity index (χ3v) is 3.69. The van der Waals surface area contributed by atoms with E-state index in [4.69, 9.17) is 5.73 Å². The Bertz CT molecular complexity index is 760. The van der Waals surface area contributed by atoms with Crippen molar-refractivity contribution in [1.82, 2.24) is 14.8 Å². The van der Waals surface area contributed by atoms with Crippen molar-refractivity contribution >= 4 is 35.6 Å². The molecule has 3 rings (SSSR count). The summed E-state index contributed by atoms with van der Waals surface area (Å²) >= 11 is 0. The second kappa shape index (κ2) is 8.56. The summed E-state index contributed by atoms with van der Waals surface area (Å²) in [6, 6.07) is 5.22. The third kappa shape index (κ3) is 5.47. The number of ether oxygens (including phenoxy) is 1. The lowest BCUT2D eigenvalue weighted by molar-refractivity contribution is -0.274. The van der Waals surface area contributed by atoms with Crippen molar-refractivity contribution in [3.8, 4) is 5.75 Å². The van der Waals surface area contributed by atoms with Crippen LogP contribution >= 0.6 is 24.0 Å². The predicted octanol–water partition coefficient (Wildman–Crippen LogP) is 3.06. The summed E-state index contributed by atoms with van der Waals surface area (Å²) in [6.45, 7) is 1.16. The quantitative estimate of drug-likeness (QED) is 0.398. The Labute approximate surface area is 164 Å². The van der Waals surface area contributed by atoms with Gasteiger partial charge in [0.05, 0.1) is 0 Å². The summed E-state index contributed by atoms with van der Waals surface area (Å²) in [7, 11) is 0. The Morgan fingerprint density at radius 3 is 2.65 bits per heavy atom. The predicted molar refractivity (Wildman–Crippen MR) is 100 cm³/mol. The molecule has 1 aromatic heterocycles. The first-order chi connectivity index (χ1) is 11.9. The van der Waals surface area contributed by atoms with Gasteiger partial charge in [0, 0.05) is 18.7 Å². The number of anilines is 1. The summed E-state index contributed by atoms with van der Waals surface area (Å²) in [4.78, 5) is 4.20. The van der Waals surface area contributed by atoms with Gasteiger partial charge in [0.2, 0.25) is 0 Å². The molecule has 1 aliphatic rings. The highest BCUT2D eigenvalue weighted by Gasteiger charge is 2.30. The second-order valence-electron chi connectivity index (χ2n) is 5.54. The fourth-order valence-corrected chi connectivity index (χ4v) is 2.57. The second-order valence-corrected chi connectivity index (χ2v) is 5.54. The lowest BCUT2D eigenvalue weighted by atomic mass is 10.2. The molecular formula is C15H18F3IN6O. The van der Waals surface area contributed by atoms with Gasteiger partial charge in [-0.2, -0.15) is 0 Å². The topological polar surface area (TPSA) is 90.4 Å². The zero-order valence-corrected chi connectivity index (χ0v) is 16.0. The summed E-state index contributed by atoms with van der Waals surface area (Å²) < 4.78 is 42.2. The van der Waals surface area contributed by atoms with Crippen LogP contribution in [0.5, 0.6) is 5.75 Å². The standard InChI is InChI=1S/C15H17F3N6O.HI/c16-15(17,18)25-11-6-4-10(5-7-11)21-14(19)20-9-13-23-22-12-3-1-2-8-24(12)13;/h4-7H,1-3,8-9H2,(H3,19,20,21);1H. The van der Waals surface area contributed by atoms with Crippen molar-refractivity contribution < 1.29 is 17.9 Å². The number of aliphatic imine (C=N–C) groups is 1. The minimum Gasteiger partial charge on any atom is -0.406 e. The largest absolute Gasteiger partial charge is 0.573 e. The van der Waals surface area contributed by atoms with E-state index in [9.17, 15) is 13.2 Å². The van der Waals surface area contributed by atoms with E-state index in [0.717, 1.165) is 37.5 Å². The van der Waals surface area contributed by atoms with Crippen LogP contribution < -0.4 is 15.8 Å². The maximum Gasteiger partial charge on any atom is 0.573 e. The first kappa shape index (κ1) is 20.3. The molecule has 0 radical (unpaired) electrons. The van der Waals surface area contributed by atoms with Gasteiger partial charge in [0.15, 0.2) is 11.8 Å². The molecule has 0 saturated carbocycles. The van der Waals surface area contributed by atoms with E-state index >= 15 is 0 Å². The number of rotatable bonds is 4. The lowest BCUT2D eigenvalue weighted by Gasteiger charge is -2.14. The van der Waals surface area contributed by atoms with Crippen molar-refractivity contribution in [3.63, 3.8) is 0 Å². The zero-order chi connectivity index (χ0) is 17.9. The summed E-state index contributed by atoms with van der Waals surface area (Å²) in [5.74, 6) is 1.54. The maximum atomic E-state index is 12.1. The maximum absolute atomic E-state index is 12.1. The van der Waals surface area contributed by atoms with Gasteiger partial charge < -0.3 is 20.4 Å². The number of nitrogens with zero attached hydrogens (tertiary/aromatic N) is 4. The van der Waals surface area contributed by atoms with Crippen LogP contribution in [0.3, 0.4) is 0 Å². The first-order valence-corrected chi connectivity index (χ1v) is 7.74. The van der Waals surface area contributed by atoms with Crippen molar-refractivity contribution in [2.24, 2.45) is 10.7 Å². The van der Waals surface area contributed by atoms with Crippen LogP contribution in [0.1, 0.15) is 24.5 Å². The van der Waals surface area contributed by atoms with Gasteiger partial charge >= 0.3 is 6.36 Å². The number of nitrogens with one attached hydrogen (secondary N) is 1. The van der Waals surface area contributed by atoms with E-state index < -0.39 is 6.36 Å². The van der Waals surface area contributed by atoms with Gasteiger partial charge in [-0.25, -0.2) is 4.99 Å². The molecule has 3 N–H and O–H groups in total. The van der Waals surface area contributed by atoms with E-state index in [1.165, 1.54) is 24.3 Å². The van der Waals surface area contributed by atoms with Crippen molar-refractivity contribution in [1.29, 1.82) is 0 Å². The smallest absolute Gasteiger partial charge is 0.406 e. The van der Waals surface area contributed by atoms with E-state index in [2.05, 4.69) is 25.2 Å². The monoisotopic (exact) mass is 482 g/mol. The van der Waals surface area contributed by atoms with Crippen molar-refractivity contribution in [2.45, 2.75) is 38.7 Å². The molecule has 0 spiro atoms. The summed E-state index contributed by atoms with van der Waals surface area (Å²) in [5.41, 5.74) is 6.31. The SMILES string of the molecule is I.NC(=NCc1nnc2n1CCCC2)Nc1ccc(OC(F)(F)F)cc1. The number of halogens is 4. The van der Waals surface area contributed by atoms with Crippen molar-refractivity contribution in [2.75, 3.05) is 5.32 Å². The van der Waals surface area contributed by atoms with Crippen LogP contribution in [0.15, 0.2) is 29.3 Å². The number of aromatic nitrogens is 3. The Hall–Kier alpha value is -2.05. The first-order valence-electron chi connectivity index (χ1n) is 7.74. The van der Waals surface area contributed by atoms with Crippen LogP contribution in [0.4, 0.5) is 18.9 Å². The van der Waals surface area contributed by atoms with Gasteiger partial charge in [0.25, 0.3) is 0 Å². The number of hydrogen-bond acceptors (Lipinski definition) is 4. The Kier molecular flexibility index (Phi) is 6.67. The molecule has 142 valence electrons. The highest BCUT2D eigenvalue weighted by atomic mass is 127. The third-order valence-electron chi connectivity index (χ3n) is 3.69. The summed E-state index contributed by atoms with van der Waals surface area (Å²) in [6.07, 6.45) is -1.61. The molecule has 2 aromatic rings. The average molecular weight is 482 g/mol. The van der Waals surface area contributed by atoms with Crippen molar-refractivity contribution in [3.05, 3.63) is 35.9 Å². The molecule has 0 amide bonds. The van der Waals surface area contributed by atoms with Crippen LogP contribution in [0, 0.1) is 0 Å². The molecule has 1 aliphatic heterocycles. The summed E-state index contributed by atoms with van der Waals surface area (Å²) in [5, 5.41) is 11.1. The number of hydrogen-bond donors (Lipinski definition) is 2. The molecule has 0 unspecified atom stereocenters. The molecule has 7 nitrogen and oxygen atoms in total. The van der Waals surface area contributed by atoms with Gasteiger partial charge in [-0.05, 0) is 37.1 Å². The molecule has 0 fully saturated rings. The fraction of sp³-hybridized carbons (Fsp3) is 0.400. The number of fused-ring (bicyclic) bond motifs is 1. The highest BCUT2D eigenvalue weighted by molar-refractivity contribution is 14.0. The number of nitrogens with two attached hydrogens (primary N) is 1. The average Bonchev–Trinajstić information content (AvgIpc) is 2.97. The molecule has 0 saturated heterocycles. The molecule has 11 heteroatoms. The van der Waals surface area contributed by atoms with Crippen LogP contribution in [0.2, 0.25) is 0 Å². The minimum absolute atomic E-state index is 0. The van der Waals surface area contributed by atoms with E-state index in [-0.39, 0.29) is 42.2 Å². The molecule has 26 heavy (non-hydrogen) atoms. The Balaban J connectivity index is 0.00000243. The molecule has 0 aliphatic carbocycles. The molecule has 0 bridgehead atoms. The van der Waals surface area contributed by atoms with Crippen LogP contribution in [-0.2, 0) is 19.5 Å². The highest BCUT2D eigenvalue weighted by Crippen LogP contribution is 2.23. The Morgan fingerprint density at radius 1 is 1.23 bits per heavy atom. The lowest BCUT2D eigenvalue weighted by Crippen LogP contribution is -2.23. The van der Waals surface area contributed by atoms with Gasteiger partial charge in [-0.1, -0.05) is 0 Å². The molecular weight excluding hydrogens is 464 g/mol. The van der Waals surface area contributed by atoms with Crippen LogP contribution in [0.25, 0.3) is 0 Å². The van der Waals surface area contributed by atoms with Gasteiger partial charge in [-0.15, -0.1) is 47.3 Å². The zero-order valence-electron chi connectivity index (χ0n) is 13.7. The van der Waals surface area contributed by atoms with Crippen LogP contribution in [-0.4, -0.2) is 27.1 Å². The normalized spacial score (nSPS) is 14.3. The van der Waals surface area contributed by atoms with E-state index in [1.807, 2.05) is 4.57 Å². The van der Waals surface area contributed by atoms with E-state index in [0.29, 0.717) is 5.69 Å². The minimum atomic E-state index is -4.72. The Morgan fingerprint density at radius 2 is 1.96 bits per heavy atom. The molecule has 1 aromatic carbocycles. The molecule has 2 heterocycles. The number of alkyl halides is 3. The number of guanidine groups is 1.